The lowest BCUT2D eigenvalue weighted by molar-refractivity contribution is 0.101. The molecule has 0 aliphatic rings. The van der Waals surface area contributed by atoms with Gasteiger partial charge >= 0.3 is 0 Å². The molecule has 0 aliphatic carbocycles. The number of rotatable bonds is 8. The third-order valence-corrected chi connectivity index (χ3v) is 7.07. The van der Waals surface area contributed by atoms with E-state index in [1.807, 2.05) is 28.8 Å². The Morgan fingerprint density at radius 1 is 1.22 bits per heavy atom. The molecule has 1 aromatic carbocycles. The Kier molecular flexibility index (Phi) is 6.08. The van der Waals surface area contributed by atoms with E-state index in [0.29, 0.717) is 23.0 Å². The minimum absolute atomic E-state index is 0.0912. The van der Waals surface area contributed by atoms with Gasteiger partial charge in [-0.1, -0.05) is 24.6 Å². The van der Waals surface area contributed by atoms with E-state index in [-0.39, 0.29) is 11.4 Å². The number of ether oxygens (including phenoxy) is 1. The predicted octanol–water partition coefficient (Wildman–Crippen LogP) is 4.62. The maximum atomic E-state index is 12.5. The number of Topliss-reactive ketones (excluding diaryl/α,β-unsaturated/α-hetero) is 1. The zero-order chi connectivity index (χ0) is 22.9. The van der Waals surface area contributed by atoms with Gasteiger partial charge in [0.05, 0.1) is 48.1 Å². The molecule has 0 fully saturated rings. The van der Waals surface area contributed by atoms with E-state index in [1.54, 1.807) is 31.8 Å². The average molecular weight is 473 g/mol. The van der Waals surface area contributed by atoms with Crippen LogP contribution >= 0.6 is 11.6 Å². The number of carbonyl (C=O) groups is 1. The van der Waals surface area contributed by atoms with Gasteiger partial charge in [0.25, 0.3) is 0 Å². The summed E-state index contributed by atoms with van der Waals surface area (Å²) in [6.45, 7) is 1.86. The van der Waals surface area contributed by atoms with Gasteiger partial charge in [-0.2, -0.15) is 0 Å². The van der Waals surface area contributed by atoms with Crippen LogP contribution < -0.4 is 4.74 Å². The molecule has 0 aliphatic heterocycles. The van der Waals surface area contributed by atoms with Crippen molar-refractivity contribution in [2.24, 2.45) is 0 Å². The van der Waals surface area contributed by atoms with E-state index >= 15 is 0 Å². The van der Waals surface area contributed by atoms with Gasteiger partial charge in [0.2, 0.25) is 0 Å². The van der Waals surface area contributed by atoms with E-state index in [9.17, 15) is 13.2 Å². The molecule has 3 aromatic heterocycles. The Morgan fingerprint density at radius 2 is 2.03 bits per heavy atom. The highest BCUT2D eigenvalue weighted by Crippen LogP contribution is 2.35. The first kappa shape index (κ1) is 22.1. The van der Waals surface area contributed by atoms with Crippen LogP contribution in [0.1, 0.15) is 23.1 Å². The van der Waals surface area contributed by atoms with Crippen LogP contribution in [0.5, 0.6) is 5.75 Å². The zero-order valence-electron chi connectivity index (χ0n) is 17.5. The second kappa shape index (κ2) is 8.80. The Morgan fingerprint density at radius 3 is 2.72 bits per heavy atom. The summed E-state index contributed by atoms with van der Waals surface area (Å²) in [5, 5.41) is 1.39. The summed E-state index contributed by atoms with van der Waals surface area (Å²) < 4.78 is 36.3. The van der Waals surface area contributed by atoms with Crippen LogP contribution in [0.15, 0.2) is 59.4 Å². The molecule has 0 spiro atoms. The number of methoxy groups -OCH3 is 1. The van der Waals surface area contributed by atoms with Gasteiger partial charge in [-0.15, -0.1) is 0 Å². The smallest absolute Gasteiger partial charge is 0.196 e. The summed E-state index contributed by atoms with van der Waals surface area (Å²) in [6, 6.07) is 12.6. The first-order chi connectivity index (χ1) is 15.3. The normalized spacial score (nSPS) is 11.7. The highest BCUT2D eigenvalue weighted by Gasteiger charge is 2.19. The molecule has 0 bridgehead atoms. The van der Waals surface area contributed by atoms with E-state index < -0.39 is 21.4 Å². The van der Waals surface area contributed by atoms with Gasteiger partial charge in [0.15, 0.2) is 15.6 Å². The molecule has 166 valence electrons. The number of halogens is 1. The number of aromatic nitrogens is 2. The maximum Gasteiger partial charge on any atom is 0.196 e. The number of fused-ring (bicyclic) bond motifs is 1. The van der Waals surface area contributed by atoms with Crippen molar-refractivity contribution >= 4 is 38.1 Å². The van der Waals surface area contributed by atoms with E-state index in [4.69, 9.17) is 20.8 Å². The van der Waals surface area contributed by atoms with Crippen LogP contribution in [0.3, 0.4) is 0 Å². The molecular formula is C23H21ClN2O5S. The molecule has 0 atom stereocenters. The highest BCUT2D eigenvalue weighted by atomic mass is 35.5. The largest absolute Gasteiger partial charge is 0.495 e. The van der Waals surface area contributed by atoms with Gasteiger partial charge < -0.3 is 13.7 Å². The SMILES string of the molecule is CCS(=O)(=O)CC(=O)c1cccc(Cn2c(-c3ccoc3)cc3cc(OC)c(Cl)cc32)n1. The van der Waals surface area contributed by atoms with Crippen LogP contribution in [-0.2, 0) is 16.4 Å². The number of sulfone groups is 1. The first-order valence-corrected chi connectivity index (χ1v) is 12.1. The summed E-state index contributed by atoms with van der Waals surface area (Å²) in [6.07, 6.45) is 3.24. The van der Waals surface area contributed by atoms with Gasteiger partial charge in [-0.3, -0.25) is 4.79 Å². The number of pyridine rings is 1. The lowest BCUT2D eigenvalue weighted by Crippen LogP contribution is -2.19. The zero-order valence-corrected chi connectivity index (χ0v) is 19.1. The lowest BCUT2D eigenvalue weighted by atomic mass is 10.2. The highest BCUT2D eigenvalue weighted by molar-refractivity contribution is 7.92. The minimum atomic E-state index is -3.44. The summed E-state index contributed by atoms with van der Waals surface area (Å²) >= 11 is 6.38. The summed E-state index contributed by atoms with van der Waals surface area (Å²) in [5.41, 5.74) is 3.35. The molecule has 0 saturated carbocycles. The Labute approximate surface area is 190 Å². The number of hydrogen-bond acceptors (Lipinski definition) is 6. The maximum absolute atomic E-state index is 12.5. The molecule has 0 radical (unpaired) electrons. The Bertz CT molecular complexity index is 1390. The fourth-order valence-electron chi connectivity index (χ4n) is 3.50. The Hall–Kier alpha value is -3.10. The molecule has 32 heavy (non-hydrogen) atoms. The lowest BCUT2D eigenvalue weighted by Gasteiger charge is -2.11. The molecule has 4 aromatic rings. The molecule has 9 heteroatoms. The van der Waals surface area contributed by atoms with Gasteiger partial charge in [-0.25, -0.2) is 13.4 Å². The Balaban J connectivity index is 1.77. The van der Waals surface area contributed by atoms with Crippen molar-refractivity contribution in [3.63, 3.8) is 0 Å². The van der Waals surface area contributed by atoms with Gasteiger partial charge in [0.1, 0.15) is 17.2 Å². The molecule has 0 amide bonds. The molecule has 0 saturated heterocycles. The summed E-state index contributed by atoms with van der Waals surface area (Å²) in [5.74, 6) is -0.597. The first-order valence-electron chi connectivity index (χ1n) is 9.90. The number of benzene rings is 1. The third-order valence-electron chi connectivity index (χ3n) is 5.20. The van der Waals surface area contributed by atoms with Gasteiger partial charge in [0, 0.05) is 16.7 Å². The number of ketones is 1. The average Bonchev–Trinajstić information content (AvgIpc) is 3.41. The quantitative estimate of drug-likeness (QED) is 0.347. The molecule has 3 heterocycles. The van der Waals surface area contributed by atoms with Crippen molar-refractivity contribution in [2.75, 3.05) is 18.6 Å². The number of hydrogen-bond donors (Lipinski definition) is 0. The third kappa shape index (κ3) is 4.42. The van der Waals surface area contributed by atoms with Crippen molar-refractivity contribution in [1.82, 2.24) is 9.55 Å². The fourth-order valence-corrected chi connectivity index (χ4v) is 4.49. The molecule has 0 N–H and O–H groups in total. The summed E-state index contributed by atoms with van der Waals surface area (Å²) in [7, 11) is -1.88. The number of furan rings is 1. The van der Waals surface area contributed by atoms with E-state index in [2.05, 4.69) is 4.98 Å². The van der Waals surface area contributed by atoms with Crippen LogP contribution in [0.2, 0.25) is 5.02 Å². The minimum Gasteiger partial charge on any atom is -0.495 e. The standard InChI is InChI=1S/C23H21ClN2O5S/c1-3-32(28,29)14-22(27)19-6-4-5-17(25-19)12-26-20(15-7-8-31-13-15)9-16-10-23(30-2)18(24)11-21(16)26/h4-11,13H,3,12,14H2,1-2H3. The molecule has 7 nitrogen and oxygen atoms in total. The van der Waals surface area contributed by atoms with Crippen LogP contribution in [-0.4, -0.2) is 42.4 Å². The van der Waals surface area contributed by atoms with E-state index in [1.165, 1.54) is 13.0 Å². The van der Waals surface area contributed by atoms with Crippen molar-refractivity contribution in [3.05, 3.63) is 71.4 Å². The number of carbonyl (C=O) groups excluding carboxylic acids is 1. The van der Waals surface area contributed by atoms with Crippen molar-refractivity contribution in [2.45, 2.75) is 13.5 Å². The number of nitrogens with zero attached hydrogens (tertiary/aromatic N) is 2. The van der Waals surface area contributed by atoms with Crippen molar-refractivity contribution in [1.29, 1.82) is 0 Å². The van der Waals surface area contributed by atoms with Crippen molar-refractivity contribution < 1.29 is 22.4 Å². The van der Waals surface area contributed by atoms with E-state index in [0.717, 1.165) is 22.2 Å². The van der Waals surface area contributed by atoms with Crippen LogP contribution in [0.4, 0.5) is 0 Å². The van der Waals surface area contributed by atoms with Gasteiger partial charge in [-0.05, 0) is 36.4 Å². The van der Waals surface area contributed by atoms with Crippen LogP contribution in [0, 0.1) is 0 Å². The monoisotopic (exact) mass is 472 g/mol. The molecular weight excluding hydrogens is 452 g/mol. The fraction of sp³-hybridized carbons (Fsp3) is 0.217. The van der Waals surface area contributed by atoms with Crippen molar-refractivity contribution in [3.8, 4) is 17.0 Å². The predicted molar refractivity (Wildman–Crippen MR) is 123 cm³/mol. The second-order valence-corrected chi connectivity index (χ2v) is 10.0. The molecule has 0 unspecified atom stereocenters. The second-order valence-electron chi connectivity index (χ2n) is 7.29. The summed E-state index contributed by atoms with van der Waals surface area (Å²) in [4.78, 5) is 16.9. The molecule has 4 rings (SSSR count). The topological polar surface area (TPSA) is 91.4 Å². The van der Waals surface area contributed by atoms with Crippen LogP contribution in [0.25, 0.3) is 22.2 Å².